The van der Waals surface area contributed by atoms with Crippen molar-refractivity contribution in [1.29, 1.82) is 0 Å². The van der Waals surface area contributed by atoms with E-state index < -0.39 is 0 Å². The van der Waals surface area contributed by atoms with Gasteiger partial charge in [-0.1, -0.05) is 30.0 Å². The van der Waals surface area contributed by atoms with E-state index in [2.05, 4.69) is 31.4 Å². The van der Waals surface area contributed by atoms with E-state index >= 15 is 0 Å². The summed E-state index contributed by atoms with van der Waals surface area (Å²) >= 11 is 4.67. The third-order valence-electron chi connectivity index (χ3n) is 3.86. The summed E-state index contributed by atoms with van der Waals surface area (Å²) in [6.07, 6.45) is 0.0687. The van der Waals surface area contributed by atoms with Crippen LogP contribution in [0.4, 0.5) is 5.69 Å². The number of nitrogens with one attached hydrogen (secondary N) is 1. The van der Waals surface area contributed by atoms with Crippen LogP contribution in [0, 0.1) is 6.92 Å². The number of halogens is 1. The highest BCUT2D eigenvalue weighted by molar-refractivity contribution is 9.10. The number of carbonyl (C=O) groups is 1. The first kappa shape index (κ1) is 21.2. The Bertz CT molecular complexity index is 1020. The van der Waals surface area contributed by atoms with Crippen molar-refractivity contribution in [2.75, 3.05) is 16.9 Å². The molecule has 1 heterocycles. The van der Waals surface area contributed by atoms with Crippen molar-refractivity contribution in [3.05, 3.63) is 52.5 Å². The Morgan fingerprint density at radius 1 is 1.28 bits per heavy atom. The fraction of sp³-hybridized carbons (Fsp3) is 0.250. The van der Waals surface area contributed by atoms with Gasteiger partial charge in [-0.05, 0) is 66.5 Å². The second-order valence-electron chi connectivity index (χ2n) is 6.69. The van der Waals surface area contributed by atoms with Crippen LogP contribution >= 0.6 is 27.7 Å². The molecule has 0 unspecified atom stereocenters. The van der Waals surface area contributed by atoms with E-state index in [1.807, 2.05) is 63.2 Å². The van der Waals surface area contributed by atoms with E-state index in [-0.39, 0.29) is 17.8 Å². The fourth-order valence-electron chi connectivity index (χ4n) is 2.59. The third kappa shape index (κ3) is 5.51. The zero-order valence-corrected chi connectivity index (χ0v) is 18.8. The number of hydrogen-bond donors (Lipinski definition) is 2. The predicted molar refractivity (Wildman–Crippen MR) is 120 cm³/mol. The number of amides is 1. The fourth-order valence-corrected chi connectivity index (χ4v) is 3.84. The molecule has 29 heavy (non-hydrogen) atoms. The van der Waals surface area contributed by atoms with E-state index in [0.717, 1.165) is 27.0 Å². The summed E-state index contributed by atoms with van der Waals surface area (Å²) in [4.78, 5) is 12.3. The maximum atomic E-state index is 12.3. The number of ether oxygens (including phenoxy) is 1. The minimum Gasteiger partial charge on any atom is -0.491 e. The zero-order chi connectivity index (χ0) is 21.0. The van der Waals surface area contributed by atoms with E-state index in [4.69, 9.17) is 10.6 Å². The standard InChI is InChI=1S/C20H22BrN5O2S/c1-12(2)28-15-6-4-5-14(10-15)19-24-25-20(26(19)22)29-11-18(27)23-17-8-7-13(3)9-16(17)21/h4-10,12H,11,22H2,1-3H3,(H,23,27). The number of rotatable bonds is 7. The summed E-state index contributed by atoms with van der Waals surface area (Å²) < 4.78 is 7.94. The van der Waals surface area contributed by atoms with E-state index in [1.165, 1.54) is 16.4 Å². The molecule has 0 aliphatic heterocycles. The first-order valence-corrected chi connectivity index (χ1v) is 10.8. The van der Waals surface area contributed by atoms with E-state index in [1.54, 1.807) is 0 Å². The minimum absolute atomic E-state index is 0.0687. The Balaban J connectivity index is 1.66. The highest BCUT2D eigenvalue weighted by atomic mass is 79.9. The van der Waals surface area contributed by atoms with Gasteiger partial charge in [0.15, 0.2) is 5.82 Å². The molecule has 7 nitrogen and oxygen atoms in total. The summed E-state index contributed by atoms with van der Waals surface area (Å²) in [6.45, 7) is 5.92. The second kappa shape index (κ2) is 9.32. The Labute approximate surface area is 182 Å². The molecule has 0 saturated carbocycles. The van der Waals surface area contributed by atoms with Crippen LogP contribution in [-0.2, 0) is 4.79 Å². The van der Waals surface area contributed by atoms with Crippen molar-refractivity contribution in [3.8, 4) is 17.1 Å². The SMILES string of the molecule is Cc1ccc(NC(=O)CSc2nnc(-c3cccc(OC(C)C)c3)n2N)c(Br)c1. The number of thioether (sulfide) groups is 1. The molecule has 0 radical (unpaired) electrons. The molecule has 3 aromatic rings. The molecule has 0 bridgehead atoms. The van der Waals surface area contributed by atoms with Crippen LogP contribution in [0.1, 0.15) is 19.4 Å². The van der Waals surface area contributed by atoms with Gasteiger partial charge in [-0.3, -0.25) is 4.79 Å². The number of anilines is 1. The van der Waals surface area contributed by atoms with Gasteiger partial charge < -0.3 is 15.9 Å². The number of aromatic nitrogens is 3. The summed E-state index contributed by atoms with van der Waals surface area (Å²) in [5.41, 5.74) is 2.62. The quantitative estimate of drug-likeness (QED) is 0.391. The molecule has 0 fully saturated rings. The van der Waals surface area contributed by atoms with Gasteiger partial charge in [-0.25, -0.2) is 4.68 Å². The molecule has 0 aliphatic rings. The Kier molecular flexibility index (Phi) is 6.81. The molecule has 9 heteroatoms. The highest BCUT2D eigenvalue weighted by Crippen LogP contribution is 2.26. The van der Waals surface area contributed by atoms with Crippen molar-refractivity contribution < 1.29 is 9.53 Å². The molecular formula is C20H22BrN5O2S. The lowest BCUT2D eigenvalue weighted by Crippen LogP contribution is -2.16. The van der Waals surface area contributed by atoms with Gasteiger partial charge in [-0.2, -0.15) is 0 Å². The summed E-state index contributed by atoms with van der Waals surface area (Å²) in [5, 5.41) is 11.6. The Hall–Kier alpha value is -2.52. The van der Waals surface area contributed by atoms with Crippen molar-refractivity contribution in [1.82, 2.24) is 14.9 Å². The molecule has 1 amide bonds. The maximum absolute atomic E-state index is 12.3. The first-order valence-electron chi connectivity index (χ1n) is 9.00. The average Bonchev–Trinajstić information content (AvgIpc) is 3.02. The number of hydrogen-bond acceptors (Lipinski definition) is 6. The number of carbonyl (C=O) groups excluding carboxylic acids is 1. The third-order valence-corrected chi connectivity index (χ3v) is 5.46. The average molecular weight is 476 g/mol. The molecule has 3 rings (SSSR count). The maximum Gasteiger partial charge on any atom is 0.234 e. The molecule has 3 N–H and O–H groups in total. The van der Waals surface area contributed by atoms with Crippen LogP contribution < -0.4 is 15.9 Å². The largest absolute Gasteiger partial charge is 0.491 e. The van der Waals surface area contributed by atoms with Gasteiger partial charge in [0, 0.05) is 10.0 Å². The number of benzene rings is 2. The van der Waals surface area contributed by atoms with Crippen molar-refractivity contribution >= 4 is 39.3 Å². The van der Waals surface area contributed by atoms with Crippen molar-refractivity contribution in [2.24, 2.45) is 0 Å². The Morgan fingerprint density at radius 3 is 2.79 bits per heavy atom. The van der Waals surface area contributed by atoms with E-state index in [0.29, 0.717) is 11.0 Å². The second-order valence-corrected chi connectivity index (χ2v) is 8.49. The highest BCUT2D eigenvalue weighted by Gasteiger charge is 2.15. The van der Waals surface area contributed by atoms with Crippen LogP contribution in [0.2, 0.25) is 0 Å². The van der Waals surface area contributed by atoms with Gasteiger partial charge in [0.2, 0.25) is 11.1 Å². The molecule has 2 aromatic carbocycles. The smallest absolute Gasteiger partial charge is 0.234 e. The van der Waals surface area contributed by atoms with Crippen LogP contribution in [0.5, 0.6) is 5.75 Å². The Morgan fingerprint density at radius 2 is 2.07 bits per heavy atom. The topological polar surface area (TPSA) is 95.1 Å². The molecule has 0 aliphatic carbocycles. The van der Waals surface area contributed by atoms with Gasteiger partial charge in [0.1, 0.15) is 5.75 Å². The van der Waals surface area contributed by atoms with Crippen LogP contribution in [0.15, 0.2) is 52.1 Å². The zero-order valence-electron chi connectivity index (χ0n) is 16.3. The number of nitrogen functional groups attached to an aromatic ring is 1. The summed E-state index contributed by atoms with van der Waals surface area (Å²) in [7, 11) is 0. The monoisotopic (exact) mass is 475 g/mol. The molecule has 152 valence electrons. The molecule has 0 spiro atoms. The van der Waals surface area contributed by atoms with Gasteiger partial charge in [0.25, 0.3) is 0 Å². The lowest BCUT2D eigenvalue weighted by molar-refractivity contribution is -0.113. The molecule has 0 saturated heterocycles. The molecular weight excluding hydrogens is 454 g/mol. The number of nitrogens with zero attached hydrogens (tertiary/aromatic N) is 3. The van der Waals surface area contributed by atoms with Gasteiger partial charge in [-0.15, -0.1) is 10.2 Å². The van der Waals surface area contributed by atoms with E-state index in [9.17, 15) is 4.79 Å². The van der Waals surface area contributed by atoms with Crippen LogP contribution in [-0.4, -0.2) is 32.6 Å². The minimum atomic E-state index is -0.156. The lowest BCUT2D eigenvalue weighted by atomic mass is 10.2. The lowest BCUT2D eigenvalue weighted by Gasteiger charge is -2.10. The van der Waals surface area contributed by atoms with Crippen molar-refractivity contribution in [2.45, 2.75) is 32.0 Å². The molecule has 1 aromatic heterocycles. The first-order chi connectivity index (χ1) is 13.8. The van der Waals surface area contributed by atoms with Crippen LogP contribution in [0.25, 0.3) is 11.4 Å². The molecule has 0 atom stereocenters. The van der Waals surface area contributed by atoms with Gasteiger partial charge >= 0.3 is 0 Å². The van der Waals surface area contributed by atoms with Gasteiger partial charge in [0.05, 0.1) is 17.5 Å². The normalized spacial score (nSPS) is 10.9. The summed E-state index contributed by atoms with van der Waals surface area (Å²) in [6, 6.07) is 13.2. The van der Waals surface area contributed by atoms with Crippen LogP contribution in [0.3, 0.4) is 0 Å². The number of nitrogens with two attached hydrogens (primary N) is 1. The number of aryl methyl sites for hydroxylation is 1. The van der Waals surface area contributed by atoms with Crippen molar-refractivity contribution in [3.63, 3.8) is 0 Å². The predicted octanol–water partition coefficient (Wildman–Crippen LogP) is 4.25. The summed E-state index contributed by atoms with van der Waals surface area (Å²) in [5.74, 6) is 7.40.